The van der Waals surface area contributed by atoms with Crippen LogP contribution in [0.4, 0.5) is 5.69 Å². The van der Waals surface area contributed by atoms with Crippen molar-refractivity contribution in [2.45, 2.75) is 25.8 Å². The van der Waals surface area contributed by atoms with Crippen molar-refractivity contribution in [1.29, 1.82) is 0 Å². The van der Waals surface area contributed by atoms with Gasteiger partial charge in [0.15, 0.2) is 5.82 Å². The third kappa shape index (κ3) is 5.33. The van der Waals surface area contributed by atoms with Crippen LogP contribution in [0, 0.1) is 11.8 Å². The maximum absolute atomic E-state index is 12.9. The van der Waals surface area contributed by atoms with Crippen LogP contribution in [0.25, 0.3) is 22.5 Å². The topological polar surface area (TPSA) is 110 Å². The number of carbonyl (C=O) groups is 1. The normalized spacial score (nSPS) is 17.9. The molecule has 2 aliphatic rings. The SMILES string of the molecule is CN(C)S(=O)(=O)Nc1cccc(-c2ccc(-c3nn(C)c(=O)n3CC3CCN(C(=O)C4CC4)C3)cc2)c1. The molecule has 11 heteroatoms. The highest BCUT2D eigenvalue weighted by Crippen LogP contribution is 2.33. The van der Waals surface area contributed by atoms with Crippen LogP contribution < -0.4 is 10.4 Å². The lowest BCUT2D eigenvalue weighted by Gasteiger charge is -2.16. The molecule has 0 radical (unpaired) electrons. The standard InChI is InChI=1S/C26H32N6O4S/c1-29(2)37(35,36)28-23-6-4-5-22(15-23)19-7-9-20(10-8-19)24-27-30(3)26(34)32(24)17-18-13-14-31(16-18)25(33)21-11-12-21/h4-10,15,18,21,28H,11-14,16-17H2,1-3H3. The Morgan fingerprint density at radius 1 is 1.05 bits per heavy atom. The van der Waals surface area contributed by atoms with E-state index in [2.05, 4.69) is 9.82 Å². The molecule has 1 N–H and O–H groups in total. The minimum Gasteiger partial charge on any atom is -0.342 e. The van der Waals surface area contributed by atoms with Crippen LogP contribution in [-0.2, 0) is 28.6 Å². The third-order valence-electron chi connectivity index (χ3n) is 7.04. The number of carbonyl (C=O) groups excluding carboxylic acids is 1. The molecule has 1 aliphatic carbocycles. The van der Waals surface area contributed by atoms with E-state index in [4.69, 9.17) is 0 Å². The minimum absolute atomic E-state index is 0.174. The molecule has 1 aliphatic heterocycles. The Labute approximate surface area is 216 Å². The van der Waals surface area contributed by atoms with Gasteiger partial charge in [0.1, 0.15) is 0 Å². The number of aryl methyl sites for hydroxylation is 1. The predicted molar refractivity (Wildman–Crippen MR) is 142 cm³/mol. The second-order valence-electron chi connectivity index (χ2n) is 10.1. The van der Waals surface area contributed by atoms with Crippen LogP contribution in [0.5, 0.6) is 0 Å². The molecule has 10 nitrogen and oxygen atoms in total. The number of rotatable bonds is 8. The maximum atomic E-state index is 12.9. The van der Waals surface area contributed by atoms with Gasteiger partial charge in [0.2, 0.25) is 5.91 Å². The number of nitrogens with zero attached hydrogens (tertiary/aromatic N) is 5. The second kappa shape index (κ2) is 9.79. The van der Waals surface area contributed by atoms with E-state index >= 15 is 0 Å². The van der Waals surface area contributed by atoms with Gasteiger partial charge in [0.25, 0.3) is 0 Å². The summed E-state index contributed by atoms with van der Waals surface area (Å²) in [5.74, 6) is 1.29. The summed E-state index contributed by atoms with van der Waals surface area (Å²) in [5, 5.41) is 4.49. The van der Waals surface area contributed by atoms with Gasteiger partial charge in [-0.15, -0.1) is 5.10 Å². The zero-order valence-corrected chi connectivity index (χ0v) is 22.1. The van der Waals surface area contributed by atoms with Crippen LogP contribution >= 0.6 is 0 Å². The summed E-state index contributed by atoms with van der Waals surface area (Å²) in [4.78, 5) is 27.3. The number of hydrogen-bond donors (Lipinski definition) is 1. The predicted octanol–water partition coefficient (Wildman–Crippen LogP) is 2.39. The maximum Gasteiger partial charge on any atom is 0.345 e. The van der Waals surface area contributed by atoms with E-state index in [0.717, 1.165) is 46.8 Å². The summed E-state index contributed by atoms with van der Waals surface area (Å²) in [7, 11) is 0.988. The van der Waals surface area contributed by atoms with Crippen molar-refractivity contribution in [2.75, 3.05) is 31.9 Å². The molecule has 1 unspecified atom stereocenters. The molecule has 1 amide bonds. The highest BCUT2D eigenvalue weighted by molar-refractivity contribution is 7.90. The first-order valence-electron chi connectivity index (χ1n) is 12.5. The van der Waals surface area contributed by atoms with Gasteiger partial charge < -0.3 is 4.90 Å². The Balaban J connectivity index is 1.34. The molecule has 1 aromatic heterocycles. The van der Waals surface area contributed by atoms with Gasteiger partial charge in [-0.25, -0.2) is 9.48 Å². The second-order valence-corrected chi connectivity index (χ2v) is 12.0. The Morgan fingerprint density at radius 3 is 2.43 bits per heavy atom. The van der Waals surface area contributed by atoms with E-state index in [9.17, 15) is 18.0 Å². The fraction of sp³-hybridized carbons (Fsp3) is 0.423. The molecule has 1 saturated carbocycles. The minimum atomic E-state index is -3.60. The average molecular weight is 525 g/mol. The Kier molecular flexibility index (Phi) is 6.67. The van der Waals surface area contributed by atoms with Gasteiger partial charge in [-0.05, 0) is 48.4 Å². The molecule has 2 fully saturated rings. The zero-order valence-electron chi connectivity index (χ0n) is 21.3. The van der Waals surface area contributed by atoms with Gasteiger partial charge in [-0.1, -0.05) is 36.4 Å². The summed E-state index contributed by atoms with van der Waals surface area (Å²) in [6.45, 7) is 1.96. The number of anilines is 1. The van der Waals surface area contributed by atoms with Crippen molar-refractivity contribution in [3.63, 3.8) is 0 Å². The highest BCUT2D eigenvalue weighted by Gasteiger charge is 2.37. The first-order valence-corrected chi connectivity index (χ1v) is 13.9. The summed E-state index contributed by atoms with van der Waals surface area (Å²) < 4.78 is 31.1. The summed E-state index contributed by atoms with van der Waals surface area (Å²) in [5.41, 5.74) is 2.88. The fourth-order valence-corrected chi connectivity index (χ4v) is 5.33. The van der Waals surface area contributed by atoms with Crippen LogP contribution in [-0.4, -0.2) is 65.1 Å². The zero-order chi connectivity index (χ0) is 26.3. The molecule has 3 aromatic rings. The van der Waals surface area contributed by atoms with Crippen LogP contribution in [0.15, 0.2) is 53.3 Å². The lowest BCUT2D eigenvalue weighted by molar-refractivity contribution is -0.131. The average Bonchev–Trinajstić information content (AvgIpc) is 3.56. The van der Waals surface area contributed by atoms with Gasteiger partial charge in [0, 0.05) is 52.3 Å². The lowest BCUT2D eigenvalue weighted by atomic mass is 10.0. The van der Waals surface area contributed by atoms with E-state index in [1.807, 2.05) is 35.2 Å². The Bertz CT molecular complexity index is 1470. The van der Waals surface area contributed by atoms with E-state index in [-0.39, 0.29) is 23.4 Å². The van der Waals surface area contributed by atoms with E-state index < -0.39 is 10.2 Å². The fourth-order valence-electron chi connectivity index (χ4n) is 4.73. The number of likely N-dealkylation sites (tertiary alicyclic amines) is 1. The van der Waals surface area contributed by atoms with Gasteiger partial charge in [-0.3, -0.25) is 14.1 Å². The third-order valence-corrected chi connectivity index (χ3v) is 8.49. The Hall–Kier alpha value is -3.44. The smallest absolute Gasteiger partial charge is 0.342 e. The quantitative estimate of drug-likeness (QED) is 0.487. The van der Waals surface area contributed by atoms with E-state index in [1.165, 1.54) is 18.8 Å². The number of amides is 1. The van der Waals surface area contributed by atoms with Crippen LogP contribution in [0.3, 0.4) is 0 Å². The molecule has 2 aromatic carbocycles. The molecule has 0 bridgehead atoms. The van der Waals surface area contributed by atoms with Crippen LogP contribution in [0.1, 0.15) is 19.3 Å². The van der Waals surface area contributed by atoms with Gasteiger partial charge in [0.05, 0.1) is 5.69 Å². The van der Waals surface area contributed by atoms with E-state index in [0.29, 0.717) is 24.6 Å². The number of aromatic nitrogens is 3. The van der Waals surface area contributed by atoms with E-state index in [1.54, 1.807) is 29.8 Å². The molecule has 37 heavy (non-hydrogen) atoms. The molecule has 1 saturated heterocycles. The molecule has 1 atom stereocenters. The van der Waals surface area contributed by atoms with Gasteiger partial charge in [-0.2, -0.15) is 12.7 Å². The largest absolute Gasteiger partial charge is 0.345 e. The molecule has 2 heterocycles. The summed E-state index contributed by atoms with van der Waals surface area (Å²) >= 11 is 0. The van der Waals surface area contributed by atoms with Crippen molar-refractivity contribution in [1.82, 2.24) is 23.6 Å². The monoisotopic (exact) mass is 524 g/mol. The summed E-state index contributed by atoms with van der Waals surface area (Å²) in [6, 6.07) is 14.9. The molecular weight excluding hydrogens is 492 g/mol. The lowest BCUT2D eigenvalue weighted by Crippen LogP contribution is -2.31. The molecule has 196 valence electrons. The number of hydrogen-bond acceptors (Lipinski definition) is 5. The number of benzene rings is 2. The van der Waals surface area contributed by atoms with Crippen LogP contribution in [0.2, 0.25) is 0 Å². The molecule has 0 spiro atoms. The first kappa shape index (κ1) is 25.2. The molecule has 5 rings (SSSR count). The number of nitrogens with one attached hydrogen (secondary N) is 1. The van der Waals surface area contributed by atoms with Crippen molar-refractivity contribution in [3.8, 4) is 22.5 Å². The summed E-state index contributed by atoms with van der Waals surface area (Å²) in [6.07, 6.45) is 2.88. The first-order chi connectivity index (χ1) is 17.6. The molecular formula is C26H32N6O4S. The van der Waals surface area contributed by atoms with Crippen molar-refractivity contribution >= 4 is 21.8 Å². The van der Waals surface area contributed by atoms with Crippen molar-refractivity contribution < 1.29 is 13.2 Å². The van der Waals surface area contributed by atoms with Crippen molar-refractivity contribution in [3.05, 3.63) is 59.0 Å². The Morgan fingerprint density at radius 2 is 1.76 bits per heavy atom. The highest BCUT2D eigenvalue weighted by atomic mass is 32.2. The van der Waals surface area contributed by atoms with Gasteiger partial charge >= 0.3 is 15.9 Å². The van der Waals surface area contributed by atoms with Crippen molar-refractivity contribution in [2.24, 2.45) is 18.9 Å².